The summed E-state index contributed by atoms with van der Waals surface area (Å²) in [5.41, 5.74) is 0. The second-order valence-corrected chi connectivity index (χ2v) is 6.93. The minimum Gasteiger partial charge on any atom is -0.378 e. The summed E-state index contributed by atoms with van der Waals surface area (Å²) in [6.45, 7) is 10.8. The lowest BCUT2D eigenvalue weighted by atomic mass is 10.0. The van der Waals surface area contributed by atoms with Gasteiger partial charge in [0, 0.05) is 31.5 Å². The first-order chi connectivity index (χ1) is 9.56. The topological polar surface area (TPSA) is 41.6 Å². The largest absolute Gasteiger partial charge is 0.378 e. The van der Waals surface area contributed by atoms with Gasteiger partial charge in [-0.1, -0.05) is 13.8 Å². The third-order valence-electron chi connectivity index (χ3n) is 3.78. The van der Waals surface area contributed by atoms with Crippen molar-refractivity contribution in [3.05, 3.63) is 0 Å². The van der Waals surface area contributed by atoms with Crippen molar-refractivity contribution in [1.29, 1.82) is 0 Å². The molecule has 1 aliphatic rings. The molecule has 20 heavy (non-hydrogen) atoms. The molecule has 0 radical (unpaired) electrons. The van der Waals surface area contributed by atoms with Crippen LogP contribution in [0.1, 0.15) is 40.5 Å². The van der Waals surface area contributed by atoms with E-state index in [0.717, 1.165) is 37.5 Å². The lowest BCUT2D eigenvalue weighted by Gasteiger charge is -2.28. The zero-order chi connectivity index (χ0) is 15.0. The highest BCUT2D eigenvalue weighted by Crippen LogP contribution is 2.16. The second kappa shape index (κ2) is 9.50. The van der Waals surface area contributed by atoms with Crippen molar-refractivity contribution in [2.45, 2.75) is 52.7 Å². The van der Waals surface area contributed by atoms with Crippen LogP contribution in [0.2, 0.25) is 0 Å². The van der Waals surface area contributed by atoms with Gasteiger partial charge in [-0.2, -0.15) is 11.8 Å². The molecule has 5 heteroatoms. The van der Waals surface area contributed by atoms with Gasteiger partial charge in [0.05, 0.1) is 6.10 Å². The first-order valence-corrected chi connectivity index (χ1v) is 8.95. The molecular formula is C15H30N2O2S. The maximum Gasteiger partial charge on any atom is 0.317 e. The number of ether oxygens (including phenoxy) is 1. The Hall–Kier alpha value is -0.420. The Morgan fingerprint density at radius 3 is 2.85 bits per heavy atom. The van der Waals surface area contributed by atoms with Gasteiger partial charge in [-0.25, -0.2) is 4.79 Å². The highest BCUT2D eigenvalue weighted by molar-refractivity contribution is 7.99. The molecule has 1 saturated heterocycles. The highest BCUT2D eigenvalue weighted by Gasteiger charge is 2.22. The third kappa shape index (κ3) is 5.92. The van der Waals surface area contributed by atoms with Crippen LogP contribution in [0.4, 0.5) is 4.79 Å². The van der Waals surface area contributed by atoms with E-state index in [1.54, 1.807) is 0 Å². The van der Waals surface area contributed by atoms with Crippen LogP contribution in [0.3, 0.4) is 0 Å². The molecule has 1 fully saturated rings. The van der Waals surface area contributed by atoms with E-state index in [0.29, 0.717) is 18.5 Å². The van der Waals surface area contributed by atoms with E-state index in [9.17, 15) is 4.79 Å². The van der Waals surface area contributed by atoms with Crippen LogP contribution in [0.5, 0.6) is 0 Å². The van der Waals surface area contributed by atoms with E-state index in [1.165, 1.54) is 0 Å². The Bertz CT molecular complexity index is 287. The molecule has 0 aromatic carbocycles. The van der Waals surface area contributed by atoms with E-state index >= 15 is 0 Å². The fourth-order valence-electron chi connectivity index (χ4n) is 2.44. The average molecular weight is 302 g/mol. The highest BCUT2D eigenvalue weighted by atomic mass is 32.2. The Kier molecular flexibility index (Phi) is 8.38. The summed E-state index contributed by atoms with van der Waals surface area (Å²) in [4.78, 5) is 14.2. The first kappa shape index (κ1) is 17.6. The summed E-state index contributed by atoms with van der Waals surface area (Å²) in [6.07, 6.45) is 2.21. The third-order valence-corrected chi connectivity index (χ3v) is 4.77. The minimum absolute atomic E-state index is 0.0824. The molecule has 0 aromatic heterocycles. The van der Waals surface area contributed by atoms with Crippen LogP contribution in [0.15, 0.2) is 0 Å². The van der Waals surface area contributed by atoms with E-state index in [-0.39, 0.29) is 12.1 Å². The summed E-state index contributed by atoms with van der Waals surface area (Å²) < 4.78 is 5.70. The predicted octanol–water partition coefficient (Wildman–Crippen LogP) is 2.97. The van der Waals surface area contributed by atoms with Gasteiger partial charge in [0.25, 0.3) is 0 Å². The molecular weight excluding hydrogens is 272 g/mol. The molecule has 0 bridgehead atoms. The van der Waals surface area contributed by atoms with Gasteiger partial charge in [0.2, 0.25) is 0 Å². The molecule has 0 aromatic rings. The lowest BCUT2D eigenvalue weighted by Crippen LogP contribution is -2.46. The van der Waals surface area contributed by atoms with Crippen molar-refractivity contribution in [2.24, 2.45) is 5.92 Å². The van der Waals surface area contributed by atoms with Crippen LogP contribution >= 0.6 is 11.8 Å². The van der Waals surface area contributed by atoms with Crippen LogP contribution < -0.4 is 5.32 Å². The van der Waals surface area contributed by atoms with Crippen molar-refractivity contribution < 1.29 is 9.53 Å². The van der Waals surface area contributed by atoms with Gasteiger partial charge in [-0.3, -0.25) is 0 Å². The summed E-state index contributed by atoms with van der Waals surface area (Å²) in [7, 11) is 0. The SMILES string of the molecule is CCO[C@@H](CCNC(=O)N1CCSCC[C@@H]1C)C(C)C. The molecule has 0 unspecified atom stereocenters. The van der Waals surface area contributed by atoms with Crippen LogP contribution in [0, 0.1) is 5.92 Å². The maximum absolute atomic E-state index is 12.2. The lowest BCUT2D eigenvalue weighted by molar-refractivity contribution is 0.0253. The van der Waals surface area contributed by atoms with E-state index in [4.69, 9.17) is 4.74 Å². The van der Waals surface area contributed by atoms with Crippen molar-refractivity contribution in [3.8, 4) is 0 Å². The Labute approximate surface area is 128 Å². The first-order valence-electron chi connectivity index (χ1n) is 7.80. The van der Waals surface area contributed by atoms with Crippen molar-refractivity contribution in [3.63, 3.8) is 0 Å². The number of hydrogen-bond acceptors (Lipinski definition) is 3. The molecule has 2 amide bonds. The molecule has 4 nitrogen and oxygen atoms in total. The summed E-state index contributed by atoms with van der Waals surface area (Å²) >= 11 is 1.94. The standard InChI is InChI=1S/C15H30N2O2S/c1-5-19-14(12(2)3)6-8-16-15(18)17-9-11-20-10-7-13(17)4/h12-14H,5-11H2,1-4H3,(H,16,18)/t13-,14-/m0/s1. The van der Waals surface area contributed by atoms with Crippen molar-refractivity contribution >= 4 is 17.8 Å². The molecule has 2 atom stereocenters. The van der Waals surface area contributed by atoms with Gasteiger partial charge in [0.1, 0.15) is 0 Å². The van der Waals surface area contributed by atoms with E-state index in [1.807, 2.05) is 23.6 Å². The number of carbonyl (C=O) groups excluding carboxylic acids is 1. The molecule has 1 N–H and O–H groups in total. The number of amides is 2. The molecule has 0 saturated carbocycles. The number of urea groups is 1. The summed E-state index contributed by atoms with van der Waals surface area (Å²) in [6, 6.07) is 0.428. The molecule has 0 spiro atoms. The van der Waals surface area contributed by atoms with Gasteiger partial charge < -0.3 is 15.0 Å². The van der Waals surface area contributed by atoms with E-state index < -0.39 is 0 Å². The molecule has 1 rings (SSSR count). The normalized spacial score (nSPS) is 21.6. The quantitative estimate of drug-likeness (QED) is 0.820. The monoisotopic (exact) mass is 302 g/mol. The Balaban J connectivity index is 2.34. The zero-order valence-electron chi connectivity index (χ0n) is 13.4. The van der Waals surface area contributed by atoms with Gasteiger partial charge in [0.15, 0.2) is 0 Å². The molecule has 0 aliphatic carbocycles. The number of nitrogens with zero attached hydrogens (tertiary/aromatic N) is 1. The summed E-state index contributed by atoms with van der Waals surface area (Å²) in [5, 5.41) is 3.05. The van der Waals surface area contributed by atoms with Crippen LogP contribution in [-0.4, -0.2) is 54.3 Å². The zero-order valence-corrected chi connectivity index (χ0v) is 14.2. The molecule has 118 valence electrons. The molecule has 1 aliphatic heterocycles. The number of hydrogen-bond donors (Lipinski definition) is 1. The fraction of sp³-hybridized carbons (Fsp3) is 0.933. The van der Waals surface area contributed by atoms with Crippen LogP contribution in [-0.2, 0) is 4.74 Å². The number of nitrogens with one attached hydrogen (secondary N) is 1. The second-order valence-electron chi connectivity index (χ2n) is 5.70. The van der Waals surface area contributed by atoms with Gasteiger partial charge >= 0.3 is 6.03 Å². The van der Waals surface area contributed by atoms with E-state index in [2.05, 4.69) is 26.1 Å². The maximum atomic E-state index is 12.2. The van der Waals surface area contributed by atoms with Gasteiger partial charge in [-0.15, -0.1) is 0 Å². The summed E-state index contributed by atoms with van der Waals surface area (Å²) in [5.74, 6) is 2.69. The Morgan fingerprint density at radius 1 is 1.45 bits per heavy atom. The minimum atomic E-state index is 0.0824. The van der Waals surface area contributed by atoms with Gasteiger partial charge in [-0.05, 0) is 38.4 Å². The number of rotatable bonds is 6. The van der Waals surface area contributed by atoms with Crippen molar-refractivity contribution in [1.82, 2.24) is 10.2 Å². The van der Waals surface area contributed by atoms with Crippen molar-refractivity contribution in [2.75, 3.05) is 31.2 Å². The Morgan fingerprint density at radius 2 is 2.20 bits per heavy atom. The average Bonchev–Trinajstić information content (AvgIpc) is 2.62. The number of carbonyl (C=O) groups is 1. The smallest absolute Gasteiger partial charge is 0.317 e. The molecule has 1 heterocycles. The predicted molar refractivity (Wildman–Crippen MR) is 86.4 cm³/mol. The van der Waals surface area contributed by atoms with Crippen LogP contribution in [0.25, 0.3) is 0 Å². The number of thioether (sulfide) groups is 1. The fourth-order valence-corrected chi connectivity index (χ4v) is 3.48.